The number of ether oxygens (including phenoxy) is 1. The zero-order valence-electron chi connectivity index (χ0n) is 11.0. The Hall–Kier alpha value is -0.490. The van der Waals surface area contributed by atoms with Crippen LogP contribution in [0.25, 0.3) is 0 Å². The Bertz CT molecular complexity index is 399. The molecular weight excluding hydrogens is 299 g/mol. The van der Waals surface area contributed by atoms with E-state index in [2.05, 4.69) is 21.4 Å². The first-order valence-corrected chi connectivity index (χ1v) is 6.66. The quantitative estimate of drug-likeness (QED) is 0.625. The molecule has 3 N–H and O–H groups in total. The van der Waals surface area contributed by atoms with Crippen LogP contribution in [0.3, 0.4) is 0 Å². The molecule has 0 spiro atoms. The van der Waals surface area contributed by atoms with Gasteiger partial charge in [0.05, 0.1) is 10.1 Å². The summed E-state index contributed by atoms with van der Waals surface area (Å²) in [7, 11) is 1.68. The summed E-state index contributed by atoms with van der Waals surface area (Å²) in [6, 6.07) is 4.85. The van der Waals surface area contributed by atoms with Gasteiger partial charge in [-0.25, -0.2) is 4.39 Å². The van der Waals surface area contributed by atoms with E-state index < -0.39 is 0 Å². The highest BCUT2D eigenvalue weighted by atomic mass is 79.9. The Morgan fingerprint density at radius 3 is 2.72 bits per heavy atom. The lowest BCUT2D eigenvalue weighted by Gasteiger charge is -2.26. The van der Waals surface area contributed by atoms with Crippen molar-refractivity contribution in [2.24, 2.45) is 5.84 Å². The number of hydrazine groups is 1. The van der Waals surface area contributed by atoms with Crippen molar-refractivity contribution in [1.29, 1.82) is 0 Å². The third kappa shape index (κ3) is 4.02. The van der Waals surface area contributed by atoms with E-state index in [0.29, 0.717) is 4.47 Å². The summed E-state index contributed by atoms with van der Waals surface area (Å²) in [5.74, 6) is 5.28. The van der Waals surface area contributed by atoms with E-state index in [9.17, 15) is 4.39 Å². The fourth-order valence-electron chi connectivity index (χ4n) is 1.71. The number of rotatable bonds is 6. The molecule has 5 heteroatoms. The van der Waals surface area contributed by atoms with Crippen LogP contribution in [0.15, 0.2) is 22.7 Å². The maximum Gasteiger partial charge on any atom is 0.137 e. The highest BCUT2D eigenvalue weighted by molar-refractivity contribution is 9.10. The number of halogens is 2. The molecule has 1 aromatic rings. The summed E-state index contributed by atoms with van der Waals surface area (Å²) in [6.07, 6.45) is 1.58. The first-order valence-electron chi connectivity index (χ1n) is 5.86. The number of hydrogen-bond donors (Lipinski definition) is 2. The van der Waals surface area contributed by atoms with Gasteiger partial charge in [0.25, 0.3) is 0 Å². The van der Waals surface area contributed by atoms with Crippen molar-refractivity contribution < 1.29 is 9.13 Å². The molecule has 1 atom stereocenters. The fourth-order valence-corrected chi connectivity index (χ4v) is 2.25. The minimum atomic E-state index is -0.279. The van der Waals surface area contributed by atoms with Crippen molar-refractivity contribution in [2.75, 3.05) is 7.11 Å². The van der Waals surface area contributed by atoms with E-state index in [-0.39, 0.29) is 17.5 Å². The molecular formula is C13H20BrFN2O. The molecule has 1 unspecified atom stereocenters. The van der Waals surface area contributed by atoms with Gasteiger partial charge in [-0.2, -0.15) is 0 Å². The van der Waals surface area contributed by atoms with E-state index in [4.69, 9.17) is 10.6 Å². The van der Waals surface area contributed by atoms with Gasteiger partial charge in [0.15, 0.2) is 0 Å². The maximum absolute atomic E-state index is 13.5. The molecule has 18 heavy (non-hydrogen) atoms. The molecule has 1 aromatic carbocycles. The number of nitrogens with one attached hydrogen (secondary N) is 1. The van der Waals surface area contributed by atoms with Crippen molar-refractivity contribution in [2.45, 2.75) is 38.3 Å². The van der Waals surface area contributed by atoms with E-state index in [0.717, 1.165) is 18.4 Å². The van der Waals surface area contributed by atoms with Crippen LogP contribution in [-0.2, 0) is 4.74 Å². The van der Waals surface area contributed by atoms with Crippen LogP contribution in [0.4, 0.5) is 4.39 Å². The Kier molecular flexibility index (Phi) is 5.72. The smallest absolute Gasteiger partial charge is 0.137 e. The van der Waals surface area contributed by atoms with Crippen LogP contribution < -0.4 is 11.3 Å². The fraction of sp³-hybridized carbons (Fsp3) is 0.538. The van der Waals surface area contributed by atoms with E-state index >= 15 is 0 Å². The molecule has 3 nitrogen and oxygen atoms in total. The van der Waals surface area contributed by atoms with Gasteiger partial charge in [0, 0.05) is 13.2 Å². The first kappa shape index (κ1) is 15.6. The summed E-state index contributed by atoms with van der Waals surface area (Å²) in [6.45, 7) is 4.03. The van der Waals surface area contributed by atoms with Crippen molar-refractivity contribution in [3.8, 4) is 0 Å². The van der Waals surface area contributed by atoms with Gasteiger partial charge in [-0.1, -0.05) is 12.1 Å². The molecule has 0 aliphatic carbocycles. The molecule has 0 aromatic heterocycles. The highest BCUT2D eigenvalue weighted by Crippen LogP contribution is 2.30. The van der Waals surface area contributed by atoms with Crippen LogP contribution in [0, 0.1) is 5.82 Å². The molecule has 0 saturated heterocycles. The molecule has 102 valence electrons. The molecule has 0 aliphatic rings. The number of hydrogen-bond acceptors (Lipinski definition) is 3. The standard InChI is InChI=1S/C13H20BrFN2O/c1-13(2,18-3)8-7-11(17-16)9-5-4-6-10(15)12(9)14/h4-6,11,17H,7-8,16H2,1-3H3. The second-order valence-corrected chi connectivity index (χ2v) is 5.66. The number of methoxy groups -OCH3 is 1. The lowest BCUT2D eigenvalue weighted by molar-refractivity contribution is 0.0116. The second kappa shape index (κ2) is 6.61. The molecule has 1 rings (SSSR count). The van der Waals surface area contributed by atoms with Gasteiger partial charge in [0.1, 0.15) is 5.82 Å². The molecule has 0 aliphatic heterocycles. The summed E-state index contributed by atoms with van der Waals surface area (Å²) < 4.78 is 19.3. The van der Waals surface area contributed by atoms with Crippen LogP contribution in [0.1, 0.15) is 38.3 Å². The maximum atomic E-state index is 13.5. The lowest BCUT2D eigenvalue weighted by atomic mass is 9.95. The lowest BCUT2D eigenvalue weighted by Crippen LogP contribution is -2.31. The average molecular weight is 319 g/mol. The van der Waals surface area contributed by atoms with E-state index in [1.165, 1.54) is 6.07 Å². The minimum absolute atomic E-state index is 0.107. The highest BCUT2D eigenvalue weighted by Gasteiger charge is 2.21. The van der Waals surface area contributed by atoms with Gasteiger partial charge in [-0.3, -0.25) is 11.3 Å². The normalized spacial score (nSPS) is 13.7. The van der Waals surface area contributed by atoms with Crippen LogP contribution >= 0.6 is 15.9 Å². The Morgan fingerprint density at radius 1 is 1.50 bits per heavy atom. The SMILES string of the molecule is COC(C)(C)CCC(NN)c1cccc(F)c1Br. The zero-order chi connectivity index (χ0) is 13.8. The topological polar surface area (TPSA) is 47.3 Å². The minimum Gasteiger partial charge on any atom is -0.379 e. The van der Waals surface area contributed by atoms with Crippen LogP contribution in [0.5, 0.6) is 0 Å². The Balaban J connectivity index is 2.81. The van der Waals surface area contributed by atoms with Gasteiger partial charge in [-0.15, -0.1) is 0 Å². The average Bonchev–Trinajstić information content (AvgIpc) is 2.35. The second-order valence-electron chi connectivity index (χ2n) is 4.86. The van der Waals surface area contributed by atoms with E-state index in [1.807, 2.05) is 19.9 Å². The van der Waals surface area contributed by atoms with Gasteiger partial charge in [0.2, 0.25) is 0 Å². The summed E-state index contributed by atoms with van der Waals surface area (Å²) in [5.41, 5.74) is 3.34. The van der Waals surface area contributed by atoms with Crippen LogP contribution in [0.2, 0.25) is 0 Å². The Morgan fingerprint density at radius 2 is 2.17 bits per heavy atom. The third-order valence-corrected chi connectivity index (χ3v) is 3.98. The number of benzene rings is 1. The summed E-state index contributed by atoms with van der Waals surface area (Å²) >= 11 is 3.26. The van der Waals surface area contributed by atoms with Gasteiger partial charge < -0.3 is 4.74 Å². The molecule has 0 fully saturated rings. The molecule has 0 radical (unpaired) electrons. The molecule has 0 amide bonds. The number of nitrogens with two attached hydrogens (primary N) is 1. The van der Waals surface area contributed by atoms with Gasteiger partial charge in [-0.05, 0) is 54.2 Å². The van der Waals surface area contributed by atoms with E-state index in [1.54, 1.807) is 13.2 Å². The first-order chi connectivity index (χ1) is 8.41. The summed E-state index contributed by atoms with van der Waals surface area (Å²) in [5, 5.41) is 0. The third-order valence-electron chi connectivity index (χ3n) is 3.15. The Labute approximate surface area is 116 Å². The monoisotopic (exact) mass is 318 g/mol. The van der Waals surface area contributed by atoms with Crippen LogP contribution in [-0.4, -0.2) is 12.7 Å². The van der Waals surface area contributed by atoms with Crippen molar-refractivity contribution in [3.05, 3.63) is 34.1 Å². The summed E-state index contributed by atoms with van der Waals surface area (Å²) in [4.78, 5) is 0. The molecule has 0 bridgehead atoms. The zero-order valence-corrected chi connectivity index (χ0v) is 12.6. The largest absolute Gasteiger partial charge is 0.379 e. The molecule has 0 heterocycles. The van der Waals surface area contributed by atoms with Crippen molar-refractivity contribution in [3.63, 3.8) is 0 Å². The van der Waals surface area contributed by atoms with Gasteiger partial charge >= 0.3 is 0 Å². The predicted octanol–water partition coefficient (Wildman–Crippen LogP) is 3.30. The molecule has 0 saturated carbocycles. The van der Waals surface area contributed by atoms with Crippen molar-refractivity contribution in [1.82, 2.24) is 5.43 Å². The van der Waals surface area contributed by atoms with Crippen molar-refractivity contribution >= 4 is 15.9 Å². The predicted molar refractivity (Wildman–Crippen MR) is 74.5 cm³/mol.